The summed E-state index contributed by atoms with van der Waals surface area (Å²) in [6.07, 6.45) is 20.6. The molecule has 11 heteroatoms. The summed E-state index contributed by atoms with van der Waals surface area (Å²) in [6.45, 7) is 7.44. The molecule has 4 rings (SSSR count). The molecule has 0 atom stereocenters. The molecule has 2 aromatic rings. The molecule has 252 valence electrons. The molecule has 2 amide bonds. The number of alkyl halides is 2. The van der Waals surface area contributed by atoms with E-state index in [1.807, 2.05) is 36.4 Å². The number of carbonyl (C=O) groups excluding carboxylic acids is 2. The van der Waals surface area contributed by atoms with Gasteiger partial charge in [-0.25, -0.2) is 41.9 Å². The molecular weight excluding hydrogens is 687 g/mol. The zero-order valence-corrected chi connectivity index (χ0v) is 30.1. The minimum absolute atomic E-state index is 0. The van der Waals surface area contributed by atoms with E-state index in [1.165, 1.54) is 12.1 Å². The zero-order chi connectivity index (χ0) is 34.6. The van der Waals surface area contributed by atoms with Crippen molar-refractivity contribution >= 4 is 35.0 Å². The van der Waals surface area contributed by atoms with Gasteiger partial charge in [-0.1, -0.05) is 12.8 Å². The van der Waals surface area contributed by atoms with Crippen molar-refractivity contribution in [1.82, 2.24) is 10.6 Å². The summed E-state index contributed by atoms with van der Waals surface area (Å²) in [5.74, 6) is -2.88. The fraction of sp³-hybridized carbons (Fsp3) is 0.389. The van der Waals surface area contributed by atoms with Crippen molar-refractivity contribution in [1.29, 1.82) is 0 Å². The van der Waals surface area contributed by atoms with Crippen LogP contribution in [0.25, 0.3) is 0 Å². The molecule has 0 saturated carbocycles. The molecule has 0 fully saturated rings. The summed E-state index contributed by atoms with van der Waals surface area (Å²) in [6, 6.07) is 8.88. The second kappa shape index (κ2) is 23.6. The Hall–Kier alpha value is -2.65. The first-order chi connectivity index (χ1) is 21.7. The fourth-order valence-electron chi connectivity index (χ4n) is 3.24. The number of nitrogens with one attached hydrogen (secondary N) is 2. The van der Waals surface area contributed by atoms with Crippen LogP contribution < -0.4 is 10.6 Å². The third-order valence-electron chi connectivity index (χ3n) is 6.31. The van der Waals surface area contributed by atoms with Crippen molar-refractivity contribution in [2.45, 2.75) is 53.4 Å². The van der Waals surface area contributed by atoms with Crippen LogP contribution >= 0.6 is 23.2 Å². The number of hydrogen-bond acceptors (Lipinski definition) is 2. The fourth-order valence-corrected chi connectivity index (χ4v) is 3.48. The van der Waals surface area contributed by atoms with Gasteiger partial charge in [0.2, 0.25) is 11.8 Å². The molecule has 0 unspecified atom stereocenters. The molecule has 0 bridgehead atoms. The Morgan fingerprint density at radius 2 is 1.06 bits per heavy atom. The van der Waals surface area contributed by atoms with E-state index in [-0.39, 0.29) is 71.2 Å². The maximum absolute atomic E-state index is 13.2. The first kappa shape index (κ1) is 44.4. The maximum Gasteiger partial charge on any atom is 4.00 e. The van der Waals surface area contributed by atoms with Crippen LogP contribution in [0, 0.1) is 58.4 Å². The van der Waals surface area contributed by atoms with Crippen molar-refractivity contribution in [3.63, 3.8) is 0 Å². The van der Waals surface area contributed by atoms with Crippen LogP contribution in [0.2, 0.25) is 0 Å². The Labute approximate surface area is 301 Å². The SMILES string of the molecule is CC(C)(CCl)C(=O)NCCc1ccc(F)[c-]c1F.CC(C)(CCl)C(=O)NCCc1ccc(F)[c-]c1F.[C-]1=CC=CC1.[C-]1=CC=CC1.[Ti+4]. The summed E-state index contributed by atoms with van der Waals surface area (Å²) >= 11 is 11.3. The van der Waals surface area contributed by atoms with Crippen LogP contribution in [0.4, 0.5) is 17.6 Å². The number of rotatable bonds is 10. The third kappa shape index (κ3) is 18.5. The van der Waals surface area contributed by atoms with Gasteiger partial charge in [0.05, 0.1) is 10.8 Å². The van der Waals surface area contributed by atoms with E-state index < -0.39 is 34.1 Å². The van der Waals surface area contributed by atoms with E-state index >= 15 is 0 Å². The van der Waals surface area contributed by atoms with Gasteiger partial charge in [-0.3, -0.25) is 21.7 Å². The molecule has 0 radical (unpaired) electrons. The van der Waals surface area contributed by atoms with Gasteiger partial charge < -0.3 is 10.6 Å². The van der Waals surface area contributed by atoms with Crippen molar-refractivity contribution in [3.8, 4) is 0 Å². The van der Waals surface area contributed by atoms with Gasteiger partial charge in [-0.15, -0.1) is 71.4 Å². The molecule has 0 spiro atoms. The smallest absolute Gasteiger partial charge is 0.356 e. The summed E-state index contributed by atoms with van der Waals surface area (Å²) in [7, 11) is 0. The van der Waals surface area contributed by atoms with Crippen LogP contribution in [0.3, 0.4) is 0 Å². The predicted octanol–water partition coefficient (Wildman–Crippen LogP) is 7.99. The molecule has 0 saturated heterocycles. The molecule has 2 aliphatic rings. The normalized spacial score (nSPS) is 12.5. The van der Waals surface area contributed by atoms with Crippen molar-refractivity contribution in [2.24, 2.45) is 10.8 Å². The molecular formula is C36H40Cl2F4N2O2Ti. The molecule has 2 aromatic carbocycles. The van der Waals surface area contributed by atoms with E-state index in [1.54, 1.807) is 27.7 Å². The van der Waals surface area contributed by atoms with Crippen LogP contribution in [0.5, 0.6) is 0 Å². The Bertz CT molecular complexity index is 1260. The second-order valence-corrected chi connectivity index (χ2v) is 11.9. The van der Waals surface area contributed by atoms with Crippen LogP contribution in [-0.4, -0.2) is 36.7 Å². The molecule has 4 nitrogen and oxygen atoms in total. The zero-order valence-electron chi connectivity index (χ0n) is 27.0. The van der Waals surface area contributed by atoms with Gasteiger partial charge in [0.25, 0.3) is 0 Å². The Balaban J connectivity index is 0.000000681. The minimum Gasteiger partial charge on any atom is -0.356 e. The molecule has 2 aliphatic carbocycles. The van der Waals surface area contributed by atoms with E-state index in [4.69, 9.17) is 23.2 Å². The first-order valence-electron chi connectivity index (χ1n) is 14.6. The maximum atomic E-state index is 13.2. The van der Waals surface area contributed by atoms with E-state index in [9.17, 15) is 27.2 Å². The monoisotopic (exact) mass is 726 g/mol. The van der Waals surface area contributed by atoms with Crippen LogP contribution in [0.15, 0.2) is 60.7 Å². The molecule has 0 aliphatic heterocycles. The summed E-state index contributed by atoms with van der Waals surface area (Å²) in [4.78, 5) is 23.3. The largest absolute Gasteiger partial charge is 4.00 e. The van der Waals surface area contributed by atoms with Gasteiger partial charge in [0, 0.05) is 48.1 Å². The van der Waals surface area contributed by atoms with Gasteiger partial charge in [-0.05, 0) is 27.7 Å². The van der Waals surface area contributed by atoms with Crippen molar-refractivity contribution in [2.75, 3.05) is 24.8 Å². The molecule has 0 aromatic heterocycles. The second-order valence-electron chi connectivity index (χ2n) is 11.3. The van der Waals surface area contributed by atoms with Crippen molar-refractivity contribution < 1.29 is 48.9 Å². The van der Waals surface area contributed by atoms with Crippen LogP contribution in [-0.2, 0) is 44.1 Å². The number of halogens is 6. The number of benzene rings is 2. The average molecular weight is 727 g/mol. The van der Waals surface area contributed by atoms with E-state index in [0.717, 1.165) is 25.0 Å². The number of amides is 2. The average Bonchev–Trinajstić information content (AvgIpc) is 3.80. The van der Waals surface area contributed by atoms with Gasteiger partial charge in [0.15, 0.2) is 0 Å². The van der Waals surface area contributed by atoms with Crippen LogP contribution in [0.1, 0.15) is 51.7 Å². The predicted molar refractivity (Wildman–Crippen MR) is 176 cm³/mol. The first-order valence-corrected chi connectivity index (χ1v) is 15.6. The third-order valence-corrected chi connectivity index (χ3v) is 7.65. The molecule has 47 heavy (non-hydrogen) atoms. The van der Waals surface area contributed by atoms with Gasteiger partial charge >= 0.3 is 21.7 Å². The standard InChI is InChI=1S/2C13H15ClF2NO.2C5H5.Ti/c2*1-13(2,8-14)12(18)17-6-5-9-3-4-10(15)7-11(9)16;2*1-2-4-5-3-1;/h2*3-4H,5-6,8H2,1-2H3,(H,17,18);2*1-3H,4H2;/q4*-1;+4. The van der Waals surface area contributed by atoms with E-state index in [0.29, 0.717) is 11.1 Å². The summed E-state index contributed by atoms with van der Waals surface area (Å²) < 4.78 is 51.7. The number of allylic oxidation sites excluding steroid dienone is 8. The summed E-state index contributed by atoms with van der Waals surface area (Å²) in [5.41, 5.74) is -0.676. The van der Waals surface area contributed by atoms with E-state index in [2.05, 4.69) is 34.9 Å². The Morgan fingerprint density at radius 3 is 1.30 bits per heavy atom. The molecule has 0 heterocycles. The molecule has 2 N–H and O–H groups in total. The Morgan fingerprint density at radius 1 is 0.702 bits per heavy atom. The number of carbonyl (C=O) groups is 2. The van der Waals surface area contributed by atoms with Crippen molar-refractivity contribution in [3.05, 3.63) is 119 Å². The minimum atomic E-state index is -0.733. The summed E-state index contributed by atoms with van der Waals surface area (Å²) in [5, 5.41) is 5.33. The quantitative estimate of drug-likeness (QED) is 0.113. The Kier molecular flexibility index (Phi) is 22.3. The topological polar surface area (TPSA) is 58.2 Å². The van der Waals surface area contributed by atoms with Gasteiger partial charge in [0.1, 0.15) is 0 Å². The van der Waals surface area contributed by atoms with Gasteiger partial charge in [-0.2, -0.15) is 24.3 Å². The number of hydrogen-bond donors (Lipinski definition) is 2.